The van der Waals surface area contributed by atoms with Gasteiger partial charge in [0.05, 0.1) is 11.5 Å². The lowest BCUT2D eigenvalue weighted by atomic mass is 10.2. The van der Waals surface area contributed by atoms with Crippen molar-refractivity contribution >= 4 is 19.9 Å². The van der Waals surface area contributed by atoms with Crippen LogP contribution in [0.25, 0.3) is 0 Å². The molecule has 1 aromatic rings. The third-order valence-corrected chi connectivity index (χ3v) is 8.07. The Labute approximate surface area is 130 Å². The number of halogens is 1. The largest absolute Gasteiger partial charge is 0.246 e. The number of rotatable bonds is 3. The predicted octanol–water partition coefficient (Wildman–Crippen LogP) is 1.33. The number of hydrogen-bond acceptors (Lipinski definition) is 4. The van der Waals surface area contributed by atoms with Crippen LogP contribution in [-0.2, 0) is 19.9 Å². The SMILES string of the molecule is Cc1cccc(F)c1S(=O)(=O)N1CCS(=O)(=O)C[C@@H]1C1CC1. The number of sulfonamides is 1. The minimum atomic E-state index is -4.03. The van der Waals surface area contributed by atoms with Crippen LogP contribution in [-0.4, -0.2) is 45.2 Å². The van der Waals surface area contributed by atoms with Crippen LogP contribution in [0.4, 0.5) is 4.39 Å². The van der Waals surface area contributed by atoms with Crippen LogP contribution in [0.1, 0.15) is 18.4 Å². The third kappa shape index (κ3) is 2.79. The molecule has 3 rings (SSSR count). The summed E-state index contributed by atoms with van der Waals surface area (Å²) in [5.74, 6) is -1.09. The van der Waals surface area contributed by atoms with Crippen LogP contribution in [0, 0.1) is 18.7 Å². The fourth-order valence-corrected chi connectivity index (χ4v) is 6.82. The Hall–Kier alpha value is -0.990. The Morgan fingerprint density at radius 1 is 1.27 bits per heavy atom. The first-order valence-corrected chi connectivity index (χ1v) is 10.5. The Morgan fingerprint density at radius 2 is 1.95 bits per heavy atom. The monoisotopic (exact) mass is 347 g/mol. The van der Waals surface area contributed by atoms with Gasteiger partial charge in [-0.05, 0) is 37.3 Å². The van der Waals surface area contributed by atoms with Gasteiger partial charge < -0.3 is 0 Å². The maximum absolute atomic E-state index is 14.1. The van der Waals surface area contributed by atoms with E-state index in [0.717, 1.165) is 18.9 Å². The predicted molar refractivity (Wildman–Crippen MR) is 80.2 cm³/mol. The summed E-state index contributed by atoms with van der Waals surface area (Å²) in [5.41, 5.74) is 0.336. The third-order valence-electron chi connectivity index (χ3n) is 4.31. The highest BCUT2D eigenvalue weighted by molar-refractivity contribution is 7.92. The molecule has 0 amide bonds. The summed E-state index contributed by atoms with van der Waals surface area (Å²) in [5, 5.41) is 0. The van der Waals surface area contributed by atoms with Crippen molar-refractivity contribution in [2.24, 2.45) is 5.92 Å². The molecule has 0 spiro atoms. The van der Waals surface area contributed by atoms with Crippen molar-refractivity contribution in [1.29, 1.82) is 0 Å². The van der Waals surface area contributed by atoms with Gasteiger partial charge in [0, 0.05) is 12.6 Å². The standard InChI is InChI=1S/C14H18FNO4S2/c1-10-3-2-4-12(15)14(10)22(19,20)16-7-8-21(17,18)9-13(16)11-5-6-11/h2-4,11,13H,5-9H2,1H3/t13-/m1/s1. The van der Waals surface area contributed by atoms with Gasteiger partial charge in [-0.15, -0.1) is 0 Å². The number of aryl methyl sites for hydroxylation is 1. The average Bonchev–Trinajstić information content (AvgIpc) is 3.20. The number of sulfone groups is 1. The fourth-order valence-electron chi connectivity index (χ4n) is 3.03. The van der Waals surface area contributed by atoms with Crippen molar-refractivity contribution in [2.75, 3.05) is 18.1 Å². The highest BCUT2D eigenvalue weighted by Gasteiger charge is 2.46. The molecule has 0 bridgehead atoms. The molecule has 5 nitrogen and oxygen atoms in total. The molecule has 0 unspecified atom stereocenters. The lowest BCUT2D eigenvalue weighted by Crippen LogP contribution is -2.52. The van der Waals surface area contributed by atoms with E-state index >= 15 is 0 Å². The van der Waals surface area contributed by atoms with Gasteiger partial charge >= 0.3 is 0 Å². The second-order valence-corrected chi connectivity index (χ2v) is 10.1. The molecular weight excluding hydrogens is 329 g/mol. The Morgan fingerprint density at radius 3 is 2.55 bits per heavy atom. The van der Waals surface area contributed by atoms with Crippen molar-refractivity contribution in [2.45, 2.75) is 30.7 Å². The van der Waals surface area contributed by atoms with Crippen molar-refractivity contribution in [3.8, 4) is 0 Å². The molecule has 0 radical (unpaired) electrons. The quantitative estimate of drug-likeness (QED) is 0.827. The van der Waals surface area contributed by atoms with Crippen molar-refractivity contribution in [3.63, 3.8) is 0 Å². The van der Waals surface area contributed by atoms with Crippen molar-refractivity contribution in [3.05, 3.63) is 29.6 Å². The minimum Gasteiger partial charge on any atom is -0.229 e. The van der Waals surface area contributed by atoms with Gasteiger partial charge in [-0.2, -0.15) is 4.31 Å². The Balaban J connectivity index is 2.04. The molecule has 0 N–H and O–H groups in total. The summed E-state index contributed by atoms with van der Waals surface area (Å²) in [6, 6.07) is 3.56. The first kappa shape index (κ1) is 15.9. The molecule has 1 aliphatic heterocycles. The maximum atomic E-state index is 14.1. The van der Waals surface area contributed by atoms with Crippen LogP contribution in [0.2, 0.25) is 0 Å². The highest BCUT2D eigenvalue weighted by atomic mass is 32.2. The summed E-state index contributed by atoms with van der Waals surface area (Å²) < 4.78 is 64.7. The number of benzene rings is 1. The second-order valence-electron chi connectivity index (χ2n) is 6.02. The Kier molecular flexibility index (Phi) is 3.81. The zero-order valence-electron chi connectivity index (χ0n) is 12.2. The lowest BCUT2D eigenvalue weighted by Gasteiger charge is -2.35. The van der Waals surface area contributed by atoms with E-state index in [2.05, 4.69) is 0 Å². The van der Waals surface area contributed by atoms with E-state index in [4.69, 9.17) is 0 Å². The lowest BCUT2D eigenvalue weighted by molar-refractivity contribution is 0.310. The van der Waals surface area contributed by atoms with Gasteiger partial charge in [-0.3, -0.25) is 0 Å². The molecule has 22 heavy (non-hydrogen) atoms. The molecule has 1 aliphatic carbocycles. The molecule has 1 saturated carbocycles. The second kappa shape index (κ2) is 5.28. The molecule has 1 aromatic carbocycles. The first-order chi connectivity index (χ1) is 10.2. The van der Waals surface area contributed by atoms with E-state index < -0.39 is 31.7 Å². The van der Waals surface area contributed by atoms with E-state index in [1.165, 1.54) is 10.4 Å². The summed E-state index contributed by atoms with van der Waals surface area (Å²) in [6.07, 6.45) is 1.64. The molecule has 1 atom stereocenters. The molecular formula is C14H18FNO4S2. The average molecular weight is 347 g/mol. The molecule has 2 aliphatic rings. The van der Waals surface area contributed by atoms with Gasteiger partial charge in [-0.25, -0.2) is 21.2 Å². The maximum Gasteiger partial charge on any atom is 0.246 e. The smallest absolute Gasteiger partial charge is 0.229 e. The number of nitrogens with zero attached hydrogens (tertiary/aromatic N) is 1. The molecule has 0 aromatic heterocycles. The van der Waals surface area contributed by atoms with E-state index in [1.807, 2.05) is 0 Å². The molecule has 1 heterocycles. The van der Waals surface area contributed by atoms with Crippen molar-refractivity contribution < 1.29 is 21.2 Å². The summed E-state index contributed by atoms with van der Waals surface area (Å²) in [7, 11) is -7.27. The van der Waals surface area contributed by atoms with E-state index in [1.54, 1.807) is 13.0 Å². The topological polar surface area (TPSA) is 71.5 Å². The fraction of sp³-hybridized carbons (Fsp3) is 0.571. The van der Waals surface area contributed by atoms with E-state index in [9.17, 15) is 21.2 Å². The zero-order valence-corrected chi connectivity index (χ0v) is 13.8. The van der Waals surface area contributed by atoms with Gasteiger partial charge in [-0.1, -0.05) is 12.1 Å². The molecule has 8 heteroatoms. The molecule has 2 fully saturated rings. The van der Waals surface area contributed by atoms with Crippen LogP contribution >= 0.6 is 0 Å². The van der Waals surface area contributed by atoms with E-state index in [0.29, 0.717) is 5.56 Å². The van der Waals surface area contributed by atoms with Crippen molar-refractivity contribution in [1.82, 2.24) is 4.31 Å². The van der Waals surface area contributed by atoms with Crippen LogP contribution in [0.15, 0.2) is 23.1 Å². The Bertz CT molecular complexity index is 780. The van der Waals surface area contributed by atoms with Gasteiger partial charge in [0.15, 0.2) is 9.84 Å². The van der Waals surface area contributed by atoms with E-state index in [-0.39, 0.29) is 28.9 Å². The van der Waals surface area contributed by atoms with Gasteiger partial charge in [0.1, 0.15) is 10.7 Å². The van der Waals surface area contributed by atoms with Gasteiger partial charge in [0.2, 0.25) is 10.0 Å². The summed E-state index contributed by atoms with van der Waals surface area (Å²) in [4.78, 5) is -0.333. The summed E-state index contributed by atoms with van der Waals surface area (Å²) in [6.45, 7) is 1.45. The van der Waals surface area contributed by atoms with Crippen LogP contribution in [0.3, 0.4) is 0 Å². The first-order valence-electron chi connectivity index (χ1n) is 7.20. The summed E-state index contributed by atoms with van der Waals surface area (Å²) >= 11 is 0. The van der Waals surface area contributed by atoms with Crippen LogP contribution < -0.4 is 0 Å². The highest BCUT2D eigenvalue weighted by Crippen LogP contribution is 2.40. The minimum absolute atomic E-state index is 0.0666. The zero-order chi connectivity index (χ0) is 16.1. The molecule has 122 valence electrons. The number of hydrogen-bond donors (Lipinski definition) is 0. The van der Waals surface area contributed by atoms with Gasteiger partial charge in [0.25, 0.3) is 0 Å². The molecule has 1 saturated heterocycles. The van der Waals surface area contributed by atoms with Crippen LogP contribution in [0.5, 0.6) is 0 Å². The normalized spacial score (nSPS) is 26.0.